The molecule has 1 saturated carbocycles. The summed E-state index contributed by atoms with van der Waals surface area (Å²) in [6.45, 7) is 5.60. The quantitative estimate of drug-likeness (QED) is 0.806. The number of Topliss-reactive ketones (excluding diaryl/α,β-unsaturated/α-hetero) is 1. The highest BCUT2D eigenvalue weighted by atomic mass is 32.1. The fourth-order valence-electron chi connectivity index (χ4n) is 2.05. The molecule has 0 radical (unpaired) electrons. The van der Waals surface area contributed by atoms with Crippen LogP contribution in [0.15, 0.2) is 0 Å². The van der Waals surface area contributed by atoms with Crippen molar-refractivity contribution in [2.24, 2.45) is 5.92 Å². The van der Waals surface area contributed by atoms with Crippen molar-refractivity contribution in [3.63, 3.8) is 0 Å². The average molecular weight is 268 g/mol. The summed E-state index contributed by atoms with van der Waals surface area (Å²) in [5.74, 6) is 1.45. The van der Waals surface area contributed by atoms with E-state index in [0.717, 1.165) is 24.0 Å². The summed E-state index contributed by atoms with van der Waals surface area (Å²) < 4.78 is 5.38. The zero-order valence-electron chi connectivity index (χ0n) is 11.2. The summed E-state index contributed by atoms with van der Waals surface area (Å²) in [6.07, 6.45) is 2.61. The number of thiophene rings is 1. The summed E-state index contributed by atoms with van der Waals surface area (Å²) in [4.78, 5) is 14.4. The van der Waals surface area contributed by atoms with E-state index in [4.69, 9.17) is 10.5 Å². The van der Waals surface area contributed by atoms with Gasteiger partial charge in [-0.05, 0) is 25.7 Å². The van der Waals surface area contributed by atoms with Gasteiger partial charge >= 0.3 is 0 Å². The fraction of sp³-hybridized carbons (Fsp3) is 0.615. The van der Waals surface area contributed by atoms with Gasteiger partial charge in [0.2, 0.25) is 0 Å². The lowest BCUT2D eigenvalue weighted by Crippen LogP contribution is -2.24. The van der Waals surface area contributed by atoms with Gasteiger partial charge < -0.3 is 15.4 Å². The van der Waals surface area contributed by atoms with Gasteiger partial charge in [-0.15, -0.1) is 11.3 Å². The fourth-order valence-corrected chi connectivity index (χ4v) is 3.21. The third-order valence-electron chi connectivity index (χ3n) is 3.25. The molecule has 1 aliphatic carbocycles. The van der Waals surface area contributed by atoms with Crippen LogP contribution >= 0.6 is 11.3 Å². The number of methoxy groups -OCH3 is 1. The van der Waals surface area contributed by atoms with Gasteiger partial charge in [0.1, 0.15) is 5.00 Å². The topological polar surface area (TPSA) is 55.6 Å². The molecular weight excluding hydrogens is 248 g/mol. The second-order valence-corrected chi connectivity index (χ2v) is 5.72. The summed E-state index contributed by atoms with van der Waals surface area (Å²) >= 11 is 1.45. The van der Waals surface area contributed by atoms with Crippen LogP contribution in [0.1, 0.15) is 36.4 Å². The average Bonchev–Trinajstić information content (AvgIpc) is 3.09. The van der Waals surface area contributed by atoms with E-state index in [1.807, 2.05) is 0 Å². The highest BCUT2D eigenvalue weighted by Crippen LogP contribution is 2.46. The molecule has 0 atom stereocenters. The second kappa shape index (κ2) is 5.18. The van der Waals surface area contributed by atoms with Gasteiger partial charge in [-0.3, -0.25) is 4.79 Å². The third-order valence-corrected chi connectivity index (χ3v) is 4.60. The molecule has 1 aliphatic rings. The summed E-state index contributed by atoms with van der Waals surface area (Å²) in [6, 6.07) is 0. The standard InChI is InChI=1S/C13H20N2O2S/c1-4-15(7-9-5-6-9)13-11(17-3)10(14)12(18-13)8(2)16/h9H,4-7,14H2,1-3H3. The van der Waals surface area contributed by atoms with Crippen LogP contribution in [-0.2, 0) is 0 Å². The largest absolute Gasteiger partial charge is 0.492 e. The first-order valence-corrected chi connectivity index (χ1v) is 7.12. The van der Waals surface area contributed by atoms with Gasteiger partial charge in [0.15, 0.2) is 11.5 Å². The Morgan fingerprint density at radius 1 is 1.56 bits per heavy atom. The number of carbonyl (C=O) groups excluding carboxylic acids is 1. The van der Waals surface area contributed by atoms with Crippen LogP contribution in [0.5, 0.6) is 5.75 Å². The van der Waals surface area contributed by atoms with Gasteiger partial charge in [0, 0.05) is 20.0 Å². The number of rotatable bonds is 6. The molecule has 1 aromatic rings. The van der Waals surface area contributed by atoms with E-state index in [1.165, 1.54) is 24.2 Å². The van der Waals surface area contributed by atoms with Crippen molar-refractivity contribution in [3.8, 4) is 5.75 Å². The Morgan fingerprint density at radius 2 is 2.22 bits per heavy atom. The van der Waals surface area contributed by atoms with Crippen LogP contribution in [0.4, 0.5) is 10.7 Å². The van der Waals surface area contributed by atoms with Gasteiger partial charge in [0.25, 0.3) is 0 Å². The minimum Gasteiger partial charge on any atom is -0.492 e. The number of nitrogen functional groups attached to an aromatic ring is 1. The van der Waals surface area contributed by atoms with Gasteiger partial charge in [-0.1, -0.05) is 0 Å². The maximum Gasteiger partial charge on any atom is 0.177 e. The number of hydrogen-bond donors (Lipinski definition) is 1. The minimum absolute atomic E-state index is 0.00419. The maximum absolute atomic E-state index is 11.5. The van der Waals surface area contributed by atoms with Crippen molar-refractivity contribution in [3.05, 3.63) is 4.88 Å². The van der Waals surface area contributed by atoms with Gasteiger partial charge in [-0.2, -0.15) is 0 Å². The normalized spacial score (nSPS) is 14.6. The van der Waals surface area contributed by atoms with Crippen molar-refractivity contribution in [2.45, 2.75) is 26.7 Å². The predicted molar refractivity (Wildman–Crippen MR) is 75.9 cm³/mol. The number of hydrogen-bond acceptors (Lipinski definition) is 5. The summed E-state index contributed by atoms with van der Waals surface area (Å²) in [5.41, 5.74) is 6.48. The van der Waals surface area contributed by atoms with E-state index in [1.54, 1.807) is 14.0 Å². The molecule has 18 heavy (non-hydrogen) atoms. The second-order valence-electron chi connectivity index (χ2n) is 4.72. The molecular formula is C13H20N2O2S. The number of carbonyl (C=O) groups is 1. The highest BCUT2D eigenvalue weighted by Gasteiger charge is 2.28. The van der Waals surface area contributed by atoms with E-state index in [2.05, 4.69) is 11.8 Å². The Balaban J connectivity index is 2.34. The minimum atomic E-state index is 0.00419. The van der Waals surface area contributed by atoms with E-state index in [-0.39, 0.29) is 5.78 Å². The highest BCUT2D eigenvalue weighted by molar-refractivity contribution is 7.19. The van der Waals surface area contributed by atoms with Gasteiger partial charge in [-0.25, -0.2) is 0 Å². The predicted octanol–water partition coefficient (Wildman–Crippen LogP) is 2.78. The number of anilines is 2. The molecule has 0 saturated heterocycles. The lowest BCUT2D eigenvalue weighted by atomic mass is 10.3. The molecule has 2 rings (SSSR count). The SMILES string of the molecule is CCN(CC1CC1)c1sc(C(C)=O)c(N)c1OC. The smallest absolute Gasteiger partial charge is 0.177 e. The number of nitrogens with two attached hydrogens (primary N) is 1. The first-order valence-electron chi connectivity index (χ1n) is 6.30. The van der Waals surface area contributed by atoms with Crippen LogP contribution in [0.2, 0.25) is 0 Å². The Morgan fingerprint density at radius 3 is 2.67 bits per heavy atom. The lowest BCUT2D eigenvalue weighted by Gasteiger charge is -2.22. The van der Waals surface area contributed by atoms with E-state index in [9.17, 15) is 4.79 Å². The van der Waals surface area contributed by atoms with Crippen LogP contribution in [0, 0.1) is 5.92 Å². The van der Waals surface area contributed by atoms with Crippen LogP contribution in [0.25, 0.3) is 0 Å². The summed E-state index contributed by atoms with van der Waals surface area (Å²) in [5, 5.41) is 0.995. The summed E-state index contributed by atoms with van der Waals surface area (Å²) in [7, 11) is 1.61. The molecule has 0 aromatic carbocycles. The van der Waals surface area contributed by atoms with Crippen molar-refractivity contribution in [1.82, 2.24) is 0 Å². The third kappa shape index (κ3) is 2.46. The lowest BCUT2D eigenvalue weighted by molar-refractivity contribution is 0.102. The van der Waals surface area contributed by atoms with E-state index >= 15 is 0 Å². The first kappa shape index (κ1) is 13.2. The maximum atomic E-state index is 11.5. The molecule has 5 heteroatoms. The molecule has 0 bridgehead atoms. The van der Waals surface area contributed by atoms with Gasteiger partial charge in [0.05, 0.1) is 17.7 Å². The molecule has 1 fully saturated rings. The molecule has 0 spiro atoms. The molecule has 0 amide bonds. The Labute approximate surface area is 112 Å². The van der Waals surface area contributed by atoms with Crippen LogP contribution in [0.3, 0.4) is 0 Å². The monoisotopic (exact) mass is 268 g/mol. The molecule has 1 aromatic heterocycles. The van der Waals surface area contributed by atoms with Crippen molar-refractivity contribution in [1.29, 1.82) is 0 Å². The number of ketones is 1. The van der Waals surface area contributed by atoms with Crippen LogP contribution in [-0.4, -0.2) is 26.0 Å². The molecule has 100 valence electrons. The Hall–Kier alpha value is -1.23. The van der Waals surface area contributed by atoms with Crippen molar-refractivity contribution < 1.29 is 9.53 Å². The first-order chi connectivity index (χ1) is 8.58. The number of nitrogens with zero attached hydrogens (tertiary/aromatic N) is 1. The van der Waals surface area contributed by atoms with Crippen LogP contribution < -0.4 is 15.4 Å². The van der Waals surface area contributed by atoms with Crippen molar-refractivity contribution >= 4 is 27.8 Å². The van der Waals surface area contributed by atoms with Crippen molar-refractivity contribution in [2.75, 3.05) is 30.8 Å². The molecule has 4 nitrogen and oxygen atoms in total. The Bertz CT molecular complexity index is 452. The molecule has 1 heterocycles. The zero-order valence-corrected chi connectivity index (χ0v) is 12.0. The molecule has 0 unspecified atom stereocenters. The van der Waals surface area contributed by atoms with E-state index in [0.29, 0.717) is 16.3 Å². The number of ether oxygens (including phenoxy) is 1. The van der Waals surface area contributed by atoms with E-state index < -0.39 is 0 Å². The molecule has 2 N–H and O–H groups in total. The molecule has 0 aliphatic heterocycles. The zero-order chi connectivity index (χ0) is 13.3. The Kier molecular flexibility index (Phi) is 3.80.